The van der Waals surface area contributed by atoms with E-state index in [1.165, 1.54) is 35.2 Å². The summed E-state index contributed by atoms with van der Waals surface area (Å²) < 4.78 is 15.1. The average Bonchev–Trinajstić information content (AvgIpc) is 3.32. The lowest BCUT2D eigenvalue weighted by Gasteiger charge is -2.21. The molecule has 0 fully saturated rings. The Kier molecular flexibility index (Phi) is 4.56. The molecule has 1 aliphatic heterocycles. The second-order valence-corrected chi connectivity index (χ2v) is 9.04. The Morgan fingerprint density at radius 3 is 2.83 bits per heavy atom. The van der Waals surface area contributed by atoms with Crippen LogP contribution in [0.4, 0.5) is 15.9 Å². The van der Waals surface area contributed by atoms with Crippen molar-refractivity contribution in [1.82, 2.24) is 9.38 Å². The van der Waals surface area contributed by atoms with Crippen molar-refractivity contribution in [2.45, 2.75) is 17.1 Å². The first-order chi connectivity index (χ1) is 14.5. The van der Waals surface area contributed by atoms with Crippen LogP contribution in [0, 0.1) is 5.82 Å². The van der Waals surface area contributed by atoms with E-state index in [0.29, 0.717) is 33.3 Å². The van der Waals surface area contributed by atoms with Gasteiger partial charge in [-0.15, -0.1) is 23.1 Å². The Morgan fingerprint density at radius 2 is 2.03 bits per heavy atom. The maximum atomic E-state index is 13.3. The maximum absolute atomic E-state index is 13.3. The van der Waals surface area contributed by atoms with Gasteiger partial charge in [0.05, 0.1) is 10.9 Å². The maximum Gasteiger partial charge on any atom is 0.256 e. The number of carbonyl (C=O) groups is 2. The van der Waals surface area contributed by atoms with Gasteiger partial charge in [-0.2, -0.15) is 0 Å². The molecule has 6 nitrogen and oxygen atoms in total. The fourth-order valence-corrected chi connectivity index (χ4v) is 4.89. The number of aromatic nitrogens is 2. The summed E-state index contributed by atoms with van der Waals surface area (Å²) in [5.74, 6) is -0.243. The predicted octanol–water partition coefficient (Wildman–Crippen LogP) is 4.89. The van der Waals surface area contributed by atoms with Gasteiger partial charge in [-0.05, 0) is 49.4 Å². The third-order valence-corrected chi connectivity index (χ3v) is 6.72. The lowest BCUT2D eigenvalue weighted by molar-refractivity contribution is -0.115. The zero-order valence-corrected chi connectivity index (χ0v) is 17.3. The lowest BCUT2D eigenvalue weighted by atomic mass is 10.1. The Labute approximate surface area is 179 Å². The smallest absolute Gasteiger partial charge is 0.256 e. The molecule has 30 heavy (non-hydrogen) atoms. The predicted molar refractivity (Wildman–Crippen MR) is 117 cm³/mol. The average molecular weight is 439 g/mol. The van der Waals surface area contributed by atoms with Crippen LogP contribution in [0.2, 0.25) is 0 Å². The number of rotatable bonds is 3. The molecule has 3 heterocycles. The normalized spacial score (nSPS) is 15.7. The van der Waals surface area contributed by atoms with E-state index in [1.807, 2.05) is 24.6 Å². The molecule has 1 aliphatic rings. The van der Waals surface area contributed by atoms with Gasteiger partial charge in [-0.1, -0.05) is 0 Å². The summed E-state index contributed by atoms with van der Waals surface area (Å²) in [5, 5.41) is 7.47. The molecule has 4 aromatic rings. The number of hydrogen-bond donors (Lipinski definition) is 2. The minimum absolute atomic E-state index is 0.0839. The number of hydrogen-bond acceptors (Lipinski definition) is 5. The fourth-order valence-electron chi connectivity index (χ4n) is 3.24. The van der Waals surface area contributed by atoms with Gasteiger partial charge in [-0.3, -0.25) is 14.0 Å². The molecule has 1 unspecified atom stereocenters. The number of imidazole rings is 1. The van der Waals surface area contributed by atoms with Crippen LogP contribution in [0.15, 0.2) is 58.9 Å². The number of nitrogens with zero attached hydrogens (tertiary/aromatic N) is 2. The van der Waals surface area contributed by atoms with Gasteiger partial charge in [0.15, 0.2) is 4.96 Å². The summed E-state index contributed by atoms with van der Waals surface area (Å²) >= 11 is 2.90. The Balaban J connectivity index is 1.50. The highest BCUT2D eigenvalue weighted by Crippen LogP contribution is 2.36. The molecule has 2 N–H and O–H groups in total. The molecule has 150 valence electrons. The molecular weight excluding hydrogens is 423 g/mol. The summed E-state index contributed by atoms with van der Waals surface area (Å²) in [6, 6.07) is 11.2. The van der Waals surface area contributed by atoms with Crippen molar-refractivity contribution < 1.29 is 14.0 Å². The van der Waals surface area contributed by atoms with E-state index >= 15 is 0 Å². The Bertz CT molecular complexity index is 1300. The molecule has 0 radical (unpaired) electrons. The SMILES string of the molecule is CC1Sc2ccc(C(=O)Nc3c(-c4ccc(F)cc4)nc4sccn34)cc2NC1=O. The van der Waals surface area contributed by atoms with Crippen LogP contribution in [0.5, 0.6) is 0 Å². The van der Waals surface area contributed by atoms with Gasteiger partial charge in [0.2, 0.25) is 5.91 Å². The molecule has 0 aliphatic carbocycles. The first kappa shape index (κ1) is 18.8. The number of thioether (sulfide) groups is 1. The van der Waals surface area contributed by atoms with E-state index in [1.54, 1.807) is 28.7 Å². The molecule has 2 amide bonds. The van der Waals surface area contributed by atoms with Crippen molar-refractivity contribution in [1.29, 1.82) is 0 Å². The lowest BCUT2D eigenvalue weighted by Crippen LogP contribution is -2.26. The van der Waals surface area contributed by atoms with E-state index in [2.05, 4.69) is 15.6 Å². The first-order valence-electron chi connectivity index (χ1n) is 9.14. The number of anilines is 2. The number of nitrogens with one attached hydrogen (secondary N) is 2. The van der Waals surface area contributed by atoms with Crippen LogP contribution < -0.4 is 10.6 Å². The summed E-state index contributed by atoms with van der Waals surface area (Å²) in [7, 11) is 0. The van der Waals surface area contributed by atoms with E-state index in [0.717, 1.165) is 4.90 Å². The van der Waals surface area contributed by atoms with Gasteiger partial charge in [0.1, 0.15) is 17.3 Å². The molecule has 2 aromatic heterocycles. The second-order valence-electron chi connectivity index (χ2n) is 6.79. The van der Waals surface area contributed by atoms with Crippen molar-refractivity contribution in [2.24, 2.45) is 0 Å². The summed E-state index contributed by atoms with van der Waals surface area (Å²) in [4.78, 5) is 31.2. The molecule has 1 atom stereocenters. The van der Waals surface area contributed by atoms with E-state index in [4.69, 9.17) is 0 Å². The van der Waals surface area contributed by atoms with Gasteiger partial charge < -0.3 is 10.6 Å². The third kappa shape index (κ3) is 3.25. The minimum atomic E-state index is -0.339. The van der Waals surface area contributed by atoms with Crippen molar-refractivity contribution in [3.63, 3.8) is 0 Å². The van der Waals surface area contributed by atoms with Crippen LogP contribution in [0.1, 0.15) is 17.3 Å². The number of benzene rings is 2. The summed E-state index contributed by atoms with van der Waals surface area (Å²) in [6.45, 7) is 1.84. The van der Waals surface area contributed by atoms with Crippen LogP contribution in [-0.2, 0) is 4.79 Å². The Hall–Kier alpha value is -3.17. The monoisotopic (exact) mass is 438 g/mol. The van der Waals surface area contributed by atoms with Crippen LogP contribution >= 0.6 is 23.1 Å². The Morgan fingerprint density at radius 1 is 1.23 bits per heavy atom. The molecular formula is C21H15FN4O2S2. The van der Waals surface area contributed by atoms with Crippen molar-refractivity contribution in [2.75, 3.05) is 10.6 Å². The highest BCUT2D eigenvalue weighted by molar-refractivity contribution is 8.00. The van der Waals surface area contributed by atoms with Crippen LogP contribution in [0.3, 0.4) is 0 Å². The molecule has 0 saturated heterocycles. The quantitative estimate of drug-likeness (QED) is 0.478. The van der Waals surface area contributed by atoms with E-state index in [-0.39, 0.29) is 22.9 Å². The largest absolute Gasteiger partial charge is 0.324 e. The molecule has 0 bridgehead atoms. The van der Waals surface area contributed by atoms with Crippen molar-refractivity contribution >= 4 is 51.4 Å². The highest BCUT2D eigenvalue weighted by Gasteiger charge is 2.24. The summed E-state index contributed by atoms with van der Waals surface area (Å²) in [6.07, 6.45) is 1.82. The van der Waals surface area contributed by atoms with Crippen molar-refractivity contribution in [3.05, 3.63) is 65.4 Å². The highest BCUT2D eigenvalue weighted by atomic mass is 32.2. The van der Waals surface area contributed by atoms with E-state index < -0.39 is 0 Å². The van der Waals surface area contributed by atoms with Crippen LogP contribution in [0.25, 0.3) is 16.2 Å². The van der Waals surface area contributed by atoms with Gasteiger partial charge in [-0.25, -0.2) is 9.37 Å². The van der Waals surface area contributed by atoms with E-state index in [9.17, 15) is 14.0 Å². The third-order valence-electron chi connectivity index (χ3n) is 4.78. The van der Waals surface area contributed by atoms with Gasteiger partial charge >= 0.3 is 0 Å². The first-order valence-corrected chi connectivity index (χ1v) is 10.9. The van der Waals surface area contributed by atoms with Crippen LogP contribution in [-0.4, -0.2) is 26.4 Å². The minimum Gasteiger partial charge on any atom is -0.324 e. The summed E-state index contributed by atoms with van der Waals surface area (Å²) in [5.41, 5.74) is 2.31. The zero-order valence-electron chi connectivity index (χ0n) is 15.7. The van der Waals surface area contributed by atoms with Gasteiger partial charge in [0, 0.05) is 27.6 Å². The molecule has 5 rings (SSSR count). The molecule has 2 aromatic carbocycles. The number of carbonyl (C=O) groups excluding carboxylic acids is 2. The topological polar surface area (TPSA) is 75.5 Å². The number of halogens is 1. The van der Waals surface area contributed by atoms with Crippen molar-refractivity contribution in [3.8, 4) is 11.3 Å². The molecule has 0 spiro atoms. The number of amides is 2. The molecule has 0 saturated carbocycles. The molecule has 9 heteroatoms. The fraction of sp³-hybridized carbons (Fsp3) is 0.0952. The number of fused-ring (bicyclic) bond motifs is 2. The second kappa shape index (κ2) is 7.26. The van der Waals surface area contributed by atoms with Gasteiger partial charge in [0.25, 0.3) is 5.91 Å². The number of thiazole rings is 1. The zero-order chi connectivity index (χ0) is 20.8. The standard InChI is InChI=1S/C21H15FN4O2S2/c1-11-19(27)23-15-10-13(4-7-16(15)30-11)20(28)25-18-17(12-2-5-14(22)6-3-12)24-21-26(18)8-9-29-21/h2-11H,1H3,(H,23,27)(H,25,28).